The molecule has 200 valence electrons. The molecular formula is C28H41NO6S. The van der Waals surface area contributed by atoms with Crippen LogP contribution in [-0.2, 0) is 25.5 Å². The molecule has 3 saturated heterocycles. The summed E-state index contributed by atoms with van der Waals surface area (Å²) in [5.74, 6) is 0.223. The largest absolute Gasteiger partial charge is 0.497 e. The van der Waals surface area contributed by atoms with Gasteiger partial charge in [-0.3, -0.25) is 9.59 Å². The smallest absolute Gasteiger partial charge is 0.306 e. The predicted octanol–water partition coefficient (Wildman–Crippen LogP) is 6.08. The number of ether oxygens (including phenoxy) is 4. The summed E-state index contributed by atoms with van der Waals surface area (Å²) < 4.78 is 24.1. The van der Waals surface area contributed by atoms with E-state index in [2.05, 4.69) is 0 Å². The molecule has 0 radical (unpaired) electrons. The molecule has 0 N–H and O–H groups in total. The predicted molar refractivity (Wildman–Crippen MR) is 140 cm³/mol. The van der Waals surface area contributed by atoms with Crippen molar-refractivity contribution in [3.8, 4) is 5.75 Å². The summed E-state index contributed by atoms with van der Waals surface area (Å²) in [7, 11) is 3.30. The maximum Gasteiger partial charge on any atom is 0.306 e. The molecule has 1 amide bonds. The van der Waals surface area contributed by atoms with Crippen molar-refractivity contribution in [1.29, 1.82) is 0 Å². The molecule has 1 aromatic carbocycles. The lowest BCUT2D eigenvalue weighted by molar-refractivity contribution is -0.306. The number of nitrogens with zero attached hydrogens (tertiary/aromatic N) is 1. The van der Waals surface area contributed by atoms with Crippen molar-refractivity contribution in [2.24, 2.45) is 0 Å². The van der Waals surface area contributed by atoms with Gasteiger partial charge in [-0.2, -0.15) is 0 Å². The van der Waals surface area contributed by atoms with E-state index in [1.807, 2.05) is 29.2 Å². The normalized spacial score (nSPS) is 30.8. The van der Waals surface area contributed by atoms with Crippen LogP contribution in [-0.4, -0.2) is 60.1 Å². The summed E-state index contributed by atoms with van der Waals surface area (Å²) in [5.41, 5.74) is 1.02. The number of carbonyl (C=O) groups is 2. The minimum absolute atomic E-state index is 0.0184. The van der Waals surface area contributed by atoms with Crippen molar-refractivity contribution in [2.75, 3.05) is 20.0 Å². The molecule has 0 unspecified atom stereocenters. The molecule has 4 atom stereocenters. The Balaban J connectivity index is 1.53. The first kappa shape index (κ1) is 27.3. The van der Waals surface area contributed by atoms with Crippen molar-refractivity contribution >= 4 is 23.0 Å². The Labute approximate surface area is 219 Å². The van der Waals surface area contributed by atoms with E-state index in [-0.39, 0.29) is 29.5 Å². The lowest BCUT2D eigenvalue weighted by Gasteiger charge is -2.48. The summed E-state index contributed by atoms with van der Waals surface area (Å²) in [6.07, 6.45) is 11.3. The van der Waals surface area contributed by atoms with Gasteiger partial charge in [-0.25, -0.2) is 0 Å². The van der Waals surface area contributed by atoms with E-state index in [1.165, 1.54) is 43.9 Å². The average molecular weight is 520 g/mol. The molecule has 3 aliphatic heterocycles. The Morgan fingerprint density at radius 2 is 1.67 bits per heavy atom. The van der Waals surface area contributed by atoms with Gasteiger partial charge in [0.25, 0.3) is 5.24 Å². The number of methoxy groups -OCH3 is 2. The van der Waals surface area contributed by atoms with Gasteiger partial charge < -0.3 is 23.8 Å². The maximum absolute atomic E-state index is 13.0. The van der Waals surface area contributed by atoms with E-state index in [9.17, 15) is 9.59 Å². The van der Waals surface area contributed by atoms with Gasteiger partial charge in [0.05, 0.1) is 19.3 Å². The number of rotatable bonds is 5. The summed E-state index contributed by atoms with van der Waals surface area (Å²) >= 11 is 1.30. The van der Waals surface area contributed by atoms with Gasteiger partial charge >= 0.3 is 5.97 Å². The van der Waals surface area contributed by atoms with Gasteiger partial charge in [-0.15, -0.1) is 0 Å². The summed E-state index contributed by atoms with van der Waals surface area (Å²) in [4.78, 5) is 27.5. The van der Waals surface area contributed by atoms with Gasteiger partial charge in [0, 0.05) is 38.7 Å². The fraction of sp³-hybridized carbons (Fsp3) is 0.714. The minimum Gasteiger partial charge on any atom is -0.497 e. The Kier molecular flexibility index (Phi) is 9.96. The van der Waals surface area contributed by atoms with Gasteiger partial charge in [0.2, 0.25) is 0 Å². The van der Waals surface area contributed by atoms with Crippen LogP contribution >= 0.6 is 11.8 Å². The molecular weight excluding hydrogens is 478 g/mol. The van der Waals surface area contributed by atoms with E-state index < -0.39 is 5.79 Å². The second-order valence-electron chi connectivity index (χ2n) is 10.2. The van der Waals surface area contributed by atoms with E-state index in [0.717, 1.165) is 37.0 Å². The molecule has 0 aliphatic carbocycles. The highest BCUT2D eigenvalue weighted by atomic mass is 32.2. The molecule has 4 rings (SSSR count). The van der Waals surface area contributed by atoms with Crippen LogP contribution in [0.3, 0.4) is 0 Å². The zero-order valence-corrected chi connectivity index (χ0v) is 22.6. The van der Waals surface area contributed by atoms with Gasteiger partial charge in [0.1, 0.15) is 11.9 Å². The van der Waals surface area contributed by atoms with Crippen molar-refractivity contribution in [1.82, 2.24) is 4.90 Å². The highest BCUT2D eigenvalue weighted by molar-refractivity contribution is 8.13. The molecule has 3 aliphatic rings. The molecule has 1 aromatic rings. The standard InChI is InChI=1S/C28H41NO6S/c1-32-22-15-13-21(14-16-22)19-29-25(20-36-27(29)31)28(33-2)18-24-17-23(35-28)11-9-7-5-3-4-6-8-10-12-26(30)34-24/h13-16,23-25H,3-12,17-20H2,1-2H3/t23-,24-,25+,28-/m1/s1. The Morgan fingerprint density at radius 3 is 2.36 bits per heavy atom. The van der Waals surface area contributed by atoms with Crippen LogP contribution in [0.5, 0.6) is 5.75 Å². The topological polar surface area (TPSA) is 74.3 Å². The van der Waals surface area contributed by atoms with Crippen LogP contribution in [0.2, 0.25) is 0 Å². The van der Waals surface area contributed by atoms with Crippen molar-refractivity contribution in [3.63, 3.8) is 0 Å². The third-order valence-electron chi connectivity index (χ3n) is 7.70. The number of benzene rings is 1. The van der Waals surface area contributed by atoms with Crippen molar-refractivity contribution in [2.45, 2.75) is 108 Å². The van der Waals surface area contributed by atoms with E-state index >= 15 is 0 Å². The van der Waals surface area contributed by atoms with Crippen LogP contribution in [0, 0.1) is 0 Å². The lowest BCUT2D eigenvalue weighted by Crippen LogP contribution is -2.60. The fourth-order valence-corrected chi connectivity index (χ4v) is 6.78. The minimum atomic E-state index is -1.01. The number of carbonyl (C=O) groups excluding carboxylic acids is 2. The van der Waals surface area contributed by atoms with Crippen LogP contribution in [0.25, 0.3) is 0 Å². The molecule has 7 nitrogen and oxygen atoms in total. The fourth-order valence-electron chi connectivity index (χ4n) is 5.68. The van der Waals surface area contributed by atoms with Crippen LogP contribution in [0.4, 0.5) is 4.79 Å². The molecule has 2 bridgehead atoms. The second-order valence-corrected chi connectivity index (χ2v) is 11.2. The van der Waals surface area contributed by atoms with Crippen LogP contribution < -0.4 is 4.74 Å². The number of amides is 1. The molecule has 8 heteroatoms. The Morgan fingerprint density at radius 1 is 0.972 bits per heavy atom. The highest BCUT2D eigenvalue weighted by Gasteiger charge is 2.54. The zero-order valence-electron chi connectivity index (χ0n) is 21.7. The van der Waals surface area contributed by atoms with E-state index in [1.54, 1.807) is 14.2 Å². The monoisotopic (exact) mass is 519 g/mol. The average Bonchev–Trinajstić information content (AvgIpc) is 3.25. The van der Waals surface area contributed by atoms with Gasteiger partial charge in [-0.05, 0) is 30.5 Å². The third kappa shape index (κ3) is 6.95. The third-order valence-corrected chi connectivity index (χ3v) is 8.66. The highest BCUT2D eigenvalue weighted by Crippen LogP contribution is 2.43. The summed E-state index contributed by atoms with van der Waals surface area (Å²) in [5, 5.41) is 0.0184. The van der Waals surface area contributed by atoms with Crippen LogP contribution in [0.15, 0.2) is 24.3 Å². The van der Waals surface area contributed by atoms with Crippen LogP contribution in [0.1, 0.15) is 82.6 Å². The Bertz CT molecular complexity index is 864. The number of esters is 1. The first-order chi connectivity index (χ1) is 17.5. The Hall–Kier alpha value is -1.77. The molecule has 0 saturated carbocycles. The van der Waals surface area contributed by atoms with Crippen molar-refractivity contribution in [3.05, 3.63) is 29.8 Å². The summed E-state index contributed by atoms with van der Waals surface area (Å²) in [6, 6.07) is 7.50. The maximum atomic E-state index is 13.0. The number of thioether (sulfide) groups is 1. The number of hydrogen-bond acceptors (Lipinski definition) is 7. The first-order valence-corrected chi connectivity index (χ1v) is 14.5. The SMILES string of the molecule is COc1ccc(CN2C(=O)SC[C@H]2[C@@]2(OC)C[C@H]3C[C@@H](CCCCCCCCCCC(=O)O3)O2)cc1. The number of fused-ring (bicyclic) bond motifs is 2. The quantitative estimate of drug-likeness (QED) is 0.436. The zero-order chi connectivity index (χ0) is 25.4. The first-order valence-electron chi connectivity index (χ1n) is 13.5. The van der Waals surface area contributed by atoms with E-state index in [0.29, 0.717) is 31.6 Å². The second kappa shape index (κ2) is 13.2. The van der Waals surface area contributed by atoms with Crippen molar-refractivity contribution < 1.29 is 28.5 Å². The van der Waals surface area contributed by atoms with E-state index in [4.69, 9.17) is 18.9 Å². The molecule has 3 fully saturated rings. The van der Waals surface area contributed by atoms with Gasteiger partial charge in [0.15, 0.2) is 5.79 Å². The molecule has 0 spiro atoms. The van der Waals surface area contributed by atoms with Gasteiger partial charge in [-0.1, -0.05) is 68.8 Å². The lowest BCUT2D eigenvalue weighted by atomic mass is 9.90. The molecule has 36 heavy (non-hydrogen) atoms. The molecule has 0 aromatic heterocycles. The molecule has 3 heterocycles. The summed E-state index contributed by atoms with van der Waals surface area (Å²) in [6.45, 7) is 0.462. The number of hydrogen-bond donors (Lipinski definition) is 0.